The van der Waals surface area contributed by atoms with Crippen LogP contribution in [0.4, 0.5) is 0 Å². The molecule has 0 aliphatic rings. The van der Waals surface area contributed by atoms with Crippen LogP contribution in [-0.2, 0) is 0 Å². The molecule has 0 N–H and O–H groups in total. The maximum absolute atomic E-state index is 8.57. The smallest absolute Gasteiger partial charge is 0.164 e. The first-order valence-corrected chi connectivity index (χ1v) is 11.8. The van der Waals surface area contributed by atoms with Crippen LogP contribution in [0, 0.1) is 0 Å². The average Bonchev–Trinajstić information content (AvgIpc) is 3.42. The lowest BCUT2D eigenvalue weighted by molar-refractivity contribution is 0.669. The molecule has 0 saturated carbocycles. The van der Waals surface area contributed by atoms with Crippen LogP contribution in [0.15, 0.2) is 132 Å². The van der Waals surface area contributed by atoms with E-state index in [2.05, 4.69) is 0 Å². The van der Waals surface area contributed by atoms with Crippen molar-refractivity contribution >= 4 is 21.9 Å². The van der Waals surface area contributed by atoms with Crippen LogP contribution in [0.5, 0.6) is 0 Å². The summed E-state index contributed by atoms with van der Waals surface area (Å²) < 4.78 is 47.7. The molecule has 7 rings (SSSR count). The molecule has 0 spiro atoms. The minimum absolute atomic E-state index is 0.123. The normalized spacial score (nSPS) is 13.1. The minimum Gasteiger partial charge on any atom is -0.456 e. The van der Waals surface area contributed by atoms with Crippen molar-refractivity contribution in [2.24, 2.45) is 0 Å². The largest absolute Gasteiger partial charge is 0.456 e. The molecular formula is C33H21N3O. The number of hydrogen-bond acceptors (Lipinski definition) is 4. The minimum atomic E-state index is -0.432. The second-order valence-electron chi connectivity index (χ2n) is 8.53. The van der Waals surface area contributed by atoms with Crippen LogP contribution >= 0.6 is 0 Å². The van der Waals surface area contributed by atoms with Gasteiger partial charge in [0, 0.05) is 27.5 Å². The number of nitrogens with zero attached hydrogens (tertiary/aromatic N) is 3. The van der Waals surface area contributed by atoms with E-state index in [0.717, 1.165) is 16.7 Å². The van der Waals surface area contributed by atoms with Gasteiger partial charge in [0.2, 0.25) is 0 Å². The van der Waals surface area contributed by atoms with Gasteiger partial charge in [-0.05, 0) is 35.4 Å². The second-order valence-corrected chi connectivity index (χ2v) is 8.53. The van der Waals surface area contributed by atoms with Crippen molar-refractivity contribution in [3.8, 4) is 45.3 Å². The Labute approximate surface area is 221 Å². The predicted molar refractivity (Wildman–Crippen MR) is 149 cm³/mol. The van der Waals surface area contributed by atoms with E-state index in [9.17, 15) is 0 Å². The number of hydrogen-bond donors (Lipinski definition) is 0. The number of benzene rings is 5. The van der Waals surface area contributed by atoms with Crippen molar-refractivity contribution in [1.29, 1.82) is 0 Å². The summed E-state index contributed by atoms with van der Waals surface area (Å²) in [4.78, 5) is 14.4. The van der Waals surface area contributed by atoms with Crippen molar-refractivity contribution in [3.63, 3.8) is 0 Å². The molecule has 0 aliphatic heterocycles. The van der Waals surface area contributed by atoms with Crippen LogP contribution in [0.1, 0.15) is 6.85 Å². The van der Waals surface area contributed by atoms with Gasteiger partial charge in [0.25, 0.3) is 0 Å². The van der Waals surface area contributed by atoms with Crippen molar-refractivity contribution in [2.45, 2.75) is 0 Å². The highest BCUT2D eigenvalue weighted by Gasteiger charge is 2.16. The van der Waals surface area contributed by atoms with Crippen molar-refractivity contribution in [1.82, 2.24) is 15.0 Å². The van der Waals surface area contributed by atoms with E-state index >= 15 is 0 Å². The van der Waals surface area contributed by atoms with E-state index in [4.69, 9.17) is 26.2 Å². The molecule has 0 bridgehead atoms. The Bertz CT molecular complexity index is 2060. The molecule has 5 aromatic carbocycles. The fourth-order valence-corrected chi connectivity index (χ4v) is 4.50. The van der Waals surface area contributed by atoms with Gasteiger partial charge in [-0.3, -0.25) is 0 Å². The zero-order chi connectivity index (χ0) is 29.0. The van der Waals surface area contributed by atoms with Gasteiger partial charge in [-0.1, -0.05) is 103 Å². The third-order valence-corrected chi connectivity index (χ3v) is 6.22. The third-order valence-electron chi connectivity index (χ3n) is 6.22. The van der Waals surface area contributed by atoms with Crippen LogP contribution in [0.3, 0.4) is 0 Å². The van der Waals surface area contributed by atoms with E-state index in [1.165, 1.54) is 0 Å². The summed E-state index contributed by atoms with van der Waals surface area (Å²) >= 11 is 0. The van der Waals surface area contributed by atoms with Crippen LogP contribution in [0.2, 0.25) is 0 Å². The number of aromatic nitrogens is 3. The first-order chi connectivity index (χ1) is 20.4. The summed E-state index contributed by atoms with van der Waals surface area (Å²) in [6.45, 7) is 0. The van der Waals surface area contributed by atoms with Crippen LogP contribution in [0.25, 0.3) is 67.2 Å². The van der Waals surface area contributed by atoms with Crippen molar-refractivity contribution < 1.29 is 11.3 Å². The molecule has 2 heterocycles. The monoisotopic (exact) mass is 480 g/mol. The van der Waals surface area contributed by atoms with E-state index in [1.807, 2.05) is 78.9 Å². The van der Waals surface area contributed by atoms with Crippen molar-refractivity contribution in [3.05, 3.63) is 127 Å². The molecule has 37 heavy (non-hydrogen) atoms. The molecule has 0 fully saturated rings. The molecule has 0 aliphatic carbocycles. The van der Waals surface area contributed by atoms with E-state index in [0.29, 0.717) is 45.0 Å². The van der Waals surface area contributed by atoms with Crippen LogP contribution < -0.4 is 0 Å². The van der Waals surface area contributed by atoms with Gasteiger partial charge in [0.15, 0.2) is 17.5 Å². The predicted octanol–water partition coefficient (Wildman–Crippen LogP) is 8.44. The Kier molecular flexibility index (Phi) is 3.96. The molecule has 0 radical (unpaired) electrons. The molecule has 4 heteroatoms. The number of furan rings is 1. The lowest BCUT2D eigenvalue weighted by Gasteiger charge is -2.08. The highest BCUT2D eigenvalue weighted by molar-refractivity contribution is 6.13. The van der Waals surface area contributed by atoms with Gasteiger partial charge in [-0.2, -0.15) is 0 Å². The van der Waals surface area contributed by atoms with Gasteiger partial charge in [-0.15, -0.1) is 0 Å². The van der Waals surface area contributed by atoms with Crippen LogP contribution in [-0.4, -0.2) is 15.0 Å². The Hall–Kier alpha value is -5.09. The van der Waals surface area contributed by atoms with Gasteiger partial charge in [0.05, 0.1) is 6.85 Å². The quantitative estimate of drug-likeness (QED) is 0.254. The average molecular weight is 481 g/mol. The Morgan fingerprint density at radius 1 is 0.514 bits per heavy atom. The molecule has 7 aromatic rings. The zero-order valence-electron chi connectivity index (χ0n) is 24.5. The van der Waals surface area contributed by atoms with Gasteiger partial charge < -0.3 is 4.42 Å². The molecular weight excluding hydrogens is 454 g/mol. The van der Waals surface area contributed by atoms with E-state index in [-0.39, 0.29) is 29.7 Å². The maximum atomic E-state index is 8.57. The first kappa shape index (κ1) is 16.6. The molecule has 0 amide bonds. The SMILES string of the molecule is [2H]c1c([2H])c([2H])c(-c2cccc3oc4ccc(-c5nc(-c6ccccc6)nc(-c6ccccc6)n5)cc4c23)c([2H])c1[2H]. The van der Waals surface area contributed by atoms with Gasteiger partial charge in [0.1, 0.15) is 11.2 Å². The number of rotatable bonds is 4. The summed E-state index contributed by atoms with van der Waals surface area (Å²) in [6, 6.07) is 28.6. The first-order valence-electron chi connectivity index (χ1n) is 14.3. The Morgan fingerprint density at radius 2 is 1.14 bits per heavy atom. The highest BCUT2D eigenvalue weighted by Crippen LogP contribution is 2.38. The third kappa shape index (κ3) is 3.85. The summed E-state index contributed by atoms with van der Waals surface area (Å²) in [5.41, 5.74) is 4.18. The Balaban J connectivity index is 1.48. The van der Waals surface area contributed by atoms with E-state index in [1.54, 1.807) is 18.2 Å². The maximum Gasteiger partial charge on any atom is 0.164 e. The molecule has 0 saturated heterocycles. The lowest BCUT2D eigenvalue weighted by atomic mass is 9.99. The summed E-state index contributed by atoms with van der Waals surface area (Å²) in [6.07, 6.45) is 0. The molecule has 0 atom stereocenters. The second kappa shape index (κ2) is 8.85. The van der Waals surface area contributed by atoms with Crippen molar-refractivity contribution in [2.75, 3.05) is 0 Å². The van der Waals surface area contributed by atoms with Gasteiger partial charge in [-0.25, -0.2) is 15.0 Å². The standard InChI is InChI=1S/C33H21N3O/c1-4-11-22(12-5-1)26-17-10-18-29-30(26)27-21-25(19-20-28(27)37-29)33-35-31(23-13-6-2-7-14-23)34-32(36-33)24-15-8-3-9-16-24/h1-21H/i1D,4D,5D,11D,12D. The summed E-state index contributed by atoms with van der Waals surface area (Å²) in [5, 5.41) is 1.36. The molecule has 0 unspecified atom stereocenters. The number of fused-ring (bicyclic) bond motifs is 3. The topological polar surface area (TPSA) is 51.8 Å². The van der Waals surface area contributed by atoms with Gasteiger partial charge >= 0.3 is 0 Å². The lowest BCUT2D eigenvalue weighted by Crippen LogP contribution is -2.00. The Morgan fingerprint density at radius 3 is 1.78 bits per heavy atom. The molecule has 174 valence electrons. The molecule has 4 nitrogen and oxygen atoms in total. The summed E-state index contributed by atoms with van der Waals surface area (Å²) in [5.74, 6) is 1.55. The highest BCUT2D eigenvalue weighted by atomic mass is 16.3. The zero-order valence-corrected chi connectivity index (χ0v) is 19.5. The van der Waals surface area contributed by atoms with E-state index < -0.39 is 6.04 Å². The fourth-order valence-electron chi connectivity index (χ4n) is 4.50. The fraction of sp³-hybridized carbons (Fsp3) is 0. The summed E-state index contributed by atoms with van der Waals surface area (Å²) in [7, 11) is 0. The molecule has 2 aromatic heterocycles.